The van der Waals surface area contributed by atoms with Gasteiger partial charge in [-0.05, 0) is 71.7 Å². The largest absolute Gasteiger partial charge is 0.475 e. The van der Waals surface area contributed by atoms with E-state index in [0.29, 0.717) is 30.6 Å². The molecule has 3 rings (SSSR count). The molecule has 1 aromatic carbocycles. The maximum Gasteiger partial charge on any atom is 0.349 e. The highest BCUT2D eigenvalue weighted by molar-refractivity contribution is 7.86. The molecule has 36 heavy (non-hydrogen) atoms. The molecule has 0 radical (unpaired) electrons. The molecular weight excluding hydrogens is 480 g/mol. The van der Waals surface area contributed by atoms with Crippen LogP contribution in [0.4, 0.5) is 0 Å². The van der Waals surface area contributed by atoms with E-state index in [9.17, 15) is 13.2 Å². The SMILES string of the molecule is Cc1ccc(S(=O)(=O)OCCCCC#Cc2cncc(OC(C(=O)OC(C)(C)C)[C@@H]3CCN3)c2)cc1. The highest BCUT2D eigenvalue weighted by Crippen LogP contribution is 2.21. The van der Waals surface area contributed by atoms with E-state index >= 15 is 0 Å². The molecule has 2 aromatic rings. The molecule has 2 atom stereocenters. The van der Waals surface area contributed by atoms with E-state index in [-0.39, 0.29) is 17.5 Å². The Balaban J connectivity index is 1.47. The second kappa shape index (κ2) is 12.3. The lowest BCUT2D eigenvalue weighted by Crippen LogP contribution is -2.57. The molecule has 1 fully saturated rings. The Labute approximate surface area is 213 Å². The molecule has 1 N–H and O–H groups in total. The number of rotatable bonds is 10. The zero-order chi connectivity index (χ0) is 26.2. The average molecular weight is 515 g/mol. The topological polar surface area (TPSA) is 104 Å². The number of nitrogens with one attached hydrogen (secondary N) is 1. The first-order valence-corrected chi connectivity index (χ1v) is 13.5. The quantitative estimate of drug-likeness (QED) is 0.221. The van der Waals surface area contributed by atoms with Crippen molar-refractivity contribution in [3.63, 3.8) is 0 Å². The van der Waals surface area contributed by atoms with E-state index in [0.717, 1.165) is 18.5 Å². The first-order valence-electron chi connectivity index (χ1n) is 12.1. The van der Waals surface area contributed by atoms with E-state index in [1.807, 2.05) is 27.7 Å². The van der Waals surface area contributed by atoms with Crippen LogP contribution < -0.4 is 10.1 Å². The summed E-state index contributed by atoms with van der Waals surface area (Å²) in [5.74, 6) is 6.13. The Morgan fingerprint density at radius 1 is 1.19 bits per heavy atom. The van der Waals surface area contributed by atoms with Crippen LogP contribution in [0.2, 0.25) is 0 Å². The summed E-state index contributed by atoms with van der Waals surface area (Å²) in [7, 11) is -3.74. The van der Waals surface area contributed by atoms with Crippen molar-refractivity contribution in [2.45, 2.75) is 76.0 Å². The second-order valence-electron chi connectivity index (χ2n) is 9.68. The van der Waals surface area contributed by atoms with Gasteiger partial charge in [0.15, 0.2) is 0 Å². The molecule has 1 aliphatic heterocycles. The van der Waals surface area contributed by atoms with Crippen LogP contribution in [0.15, 0.2) is 47.6 Å². The van der Waals surface area contributed by atoms with Crippen molar-refractivity contribution >= 4 is 16.1 Å². The number of hydrogen-bond donors (Lipinski definition) is 1. The van der Waals surface area contributed by atoms with Gasteiger partial charge >= 0.3 is 5.97 Å². The van der Waals surface area contributed by atoms with Gasteiger partial charge in [0, 0.05) is 18.2 Å². The molecule has 1 aliphatic rings. The Morgan fingerprint density at radius 2 is 1.92 bits per heavy atom. The Morgan fingerprint density at radius 3 is 2.56 bits per heavy atom. The number of carbonyl (C=O) groups excluding carboxylic acids is 1. The smallest absolute Gasteiger partial charge is 0.349 e. The highest BCUT2D eigenvalue weighted by atomic mass is 32.2. The normalized spacial score (nSPS) is 16.3. The van der Waals surface area contributed by atoms with Crippen molar-refractivity contribution in [2.24, 2.45) is 0 Å². The summed E-state index contributed by atoms with van der Waals surface area (Å²) in [5, 5.41) is 3.20. The summed E-state index contributed by atoms with van der Waals surface area (Å²) in [6.07, 6.45) is 5.06. The summed E-state index contributed by atoms with van der Waals surface area (Å²) >= 11 is 0. The molecule has 2 heterocycles. The van der Waals surface area contributed by atoms with Crippen LogP contribution in [0.1, 0.15) is 57.6 Å². The van der Waals surface area contributed by atoms with Crippen molar-refractivity contribution < 1.29 is 26.9 Å². The lowest BCUT2D eigenvalue weighted by Gasteiger charge is -2.35. The minimum atomic E-state index is -3.74. The van der Waals surface area contributed by atoms with Crippen molar-refractivity contribution in [3.8, 4) is 17.6 Å². The number of aryl methyl sites for hydroxylation is 1. The van der Waals surface area contributed by atoms with Crippen LogP contribution in [-0.2, 0) is 23.8 Å². The van der Waals surface area contributed by atoms with Crippen molar-refractivity contribution in [2.75, 3.05) is 13.2 Å². The van der Waals surface area contributed by atoms with Gasteiger partial charge in [-0.15, -0.1) is 0 Å². The fourth-order valence-corrected chi connectivity index (χ4v) is 4.29. The Kier molecular flexibility index (Phi) is 9.49. The Hall–Kier alpha value is -2.93. The first kappa shape index (κ1) is 27.7. The summed E-state index contributed by atoms with van der Waals surface area (Å²) in [6.45, 7) is 8.30. The molecule has 8 nitrogen and oxygen atoms in total. The van der Waals surface area contributed by atoms with Crippen LogP contribution in [0, 0.1) is 18.8 Å². The van der Waals surface area contributed by atoms with Gasteiger partial charge in [-0.2, -0.15) is 8.42 Å². The highest BCUT2D eigenvalue weighted by Gasteiger charge is 2.37. The number of ether oxygens (including phenoxy) is 2. The van der Waals surface area contributed by atoms with Crippen molar-refractivity contribution in [3.05, 3.63) is 53.9 Å². The van der Waals surface area contributed by atoms with Crippen LogP contribution in [0.25, 0.3) is 0 Å². The Bertz CT molecular complexity index is 1190. The van der Waals surface area contributed by atoms with Crippen LogP contribution in [0.5, 0.6) is 5.75 Å². The van der Waals surface area contributed by atoms with Gasteiger partial charge in [-0.3, -0.25) is 9.17 Å². The van der Waals surface area contributed by atoms with Gasteiger partial charge in [0.05, 0.1) is 23.7 Å². The fraction of sp³-hybridized carbons (Fsp3) is 0.481. The molecule has 1 aromatic heterocycles. The predicted molar refractivity (Wildman–Crippen MR) is 136 cm³/mol. The molecule has 9 heteroatoms. The molecule has 194 valence electrons. The number of esters is 1. The monoisotopic (exact) mass is 514 g/mol. The average Bonchev–Trinajstić information content (AvgIpc) is 2.76. The first-order chi connectivity index (χ1) is 17.0. The van der Waals surface area contributed by atoms with E-state index in [1.54, 1.807) is 42.7 Å². The van der Waals surface area contributed by atoms with E-state index in [1.165, 1.54) is 0 Å². The number of hydrogen-bond acceptors (Lipinski definition) is 8. The van der Waals surface area contributed by atoms with Crippen molar-refractivity contribution in [1.82, 2.24) is 10.3 Å². The molecule has 0 bridgehead atoms. The summed E-state index contributed by atoms with van der Waals surface area (Å²) in [6, 6.07) is 8.20. The molecule has 1 unspecified atom stereocenters. The van der Waals surface area contributed by atoms with E-state index in [2.05, 4.69) is 22.1 Å². The number of nitrogens with zero attached hydrogens (tertiary/aromatic N) is 1. The third kappa shape index (κ3) is 8.63. The molecule has 1 saturated heterocycles. The number of unbranched alkanes of at least 4 members (excludes halogenated alkanes) is 2. The van der Waals surface area contributed by atoms with Gasteiger partial charge in [0.1, 0.15) is 11.4 Å². The summed E-state index contributed by atoms with van der Waals surface area (Å²) < 4.78 is 41.0. The van der Waals surface area contributed by atoms with Gasteiger partial charge in [0.2, 0.25) is 6.10 Å². The third-order valence-electron chi connectivity index (χ3n) is 5.32. The standard InChI is InChI=1S/C27H34N2O6S/c1-20-10-12-23(13-11-20)36(31,32)33-16-8-6-5-7-9-21-17-22(19-28-18-21)34-25(24-14-15-29-24)26(30)35-27(2,3)4/h10-13,17-19,24-25,29H,5-6,8,14-16H2,1-4H3/t24-,25?/m0/s1. The van der Waals surface area contributed by atoms with Crippen LogP contribution in [0.3, 0.4) is 0 Å². The second-order valence-corrected chi connectivity index (χ2v) is 11.3. The molecular formula is C27H34N2O6S. The van der Waals surface area contributed by atoms with Gasteiger partial charge in [-0.25, -0.2) is 4.79 Å². The van der Waals surface area contributed by atoms with E-state index < -0.39 is 27.8 Å². The maximum atomic E-state index is 12.7. The molecule has 0 amide bonds. The zero-order valence-corrected chi connectivity index (χ0v) is 22.1. The zero-order valence-electron chi connectivity index (χ0n) is 21.2. The lowest BCUT2D eigenvalue weighted by atomic mass is 10.0. The minimum absolute atomic E-state index is 0.101. The van der Waals surface area contributed by atoms with Gasteiger partial charge in [0.25, 0.3) is 10.1 Å². The molecule has 0 aliphatic carbocycles. The fourth-order valence-electron chi connectivity index (χ4n) is 3.34. The van der Waals surface area contributed by atoms with Gasteiger partial charge < -0.3 is 14.8 Å². The van der Waals surface area contributed by atoms with Crippen LogP contribution in [-0.4, -0.2) is 50.3 Å². The molecule has 0 spiro atoms. The maximum absolute atomic E-state index is 12.7. The van der Waals surface area contributed by atoms with Crippen molar-refractivity contribution in [1.29, 1.82) is 0 Å². The minimum Gasteiger partial charge on any atom is -0.475 e. The number of benzene rings is 1. The summed E-state index contributed by atoms with van der Waals surface area (Å²) in [4.78, 5) is 17.0. The van der Waals surface area contributed by atoms with Gasteiger partial charge in [-0.1, -0.05) is 29.5 Å². The number of pyridine rings is 1. The lowest BCUT2D eigenvalue weighted by molar-refractivity contribution is -0.165. The molecule has 0 saturated carbocycles. The third-order valence-corrected chi connectivity index (χ3v) is 6.65. The van der Waals surface area contributed by atoms with Crippen LogP contribution >= 0.6 is 0 Å². The number of carbonyl (C=O) groups is 1. The number of aromatic nitrogens is 1. The predicted octanol–water partition coefficient (Wildman–Crippen LogP) is 3.77. The summed E-state index contributed by atoms with van der Waals surface area (Å²) in [5.41, 5.74) is 1.04. The van der Waals surface area contributed by atoms with E-state index in [4.69, 9.17) is 13.7 Å².